The molecule has 28 heavy (non-hydrogen) atoms. The van der Waals surface area contributed by atoms with Crippen molar-refractivity contribution >= 4 is 27.3 Å². The van der Waals surface area contributed by atoms with Crippen LogP contribution in [0.15, 0.2) is 47.4 Å². The zero-order chi connectivity index (χ0) is 20.3. The molecule has 0 radical (unpaired) electrons. The van der Waals surface area contributed by atoms with Crippen LogP contribution in [0, 0.1) is 6.92 Å². The molecule has 1 heterocycles. The minimum absolute atomic E-state index is 0.119. The number of sulfonamides is 1. The molecule has 0 bridgehead atoms. The van der Waals surface area contributed by atoms with Crippen LogP contribution >= 0.6 is 0 Å². The van der Waals surface area contributed by atoms with Crippen LogP contribution in [0.5, 0.6) is 0 Å². The summed E-state index contributed by atoms with van der Waals surface area (Å²) in [4.78, 5) is 15.4. The summed E-state index contributed by atoms with van der Waals surface area (Å²) >= 11 is 0. The number of hydrogen-bond donors (Lipinski definition) is 1. The third-order valence-electron chi connectivity index (χ3n) is 5.08. The normalized spacial score (nSPS) is 14.9. The van der Waals surface area contributed by atoms with Crippen molar-refractivity contribution in [3.8, 4) is 0 Å². The number of nitrogens with zero attached hydrogens (tertiary/aromatic N) is 2. The van der Waals surface area contributed by atoms with E-state index in [1.807, 2.05) is 31.2 Å². The Morgan fingerprint density at radius 3 is 2.36 bits per heavy atom. The van der Waals surface area contributed by atoms with E-state index in [1.165, 1.54) is 26.6 Å². The van der Waals surface area contributed by atoms with Crippen LogP contribution in [0.2, 0.25) is 0 Å². The van der Waals surface area contributed by atoms with Crippen LogP contribution in [0.1, 0.15) is 35.2 Å². The van der Waals surface area contributed by atoms with Gasteiger partial charge in [0.2, 0.25) is 10.0 Å². The molecule has 1 aliphatic rings. The lowest BCUT2D eigenvalue weighted by atomic mass is 10.1. The second-order valence-electron chi connectivity index (χ2n) is 7.28. The SMILES string of the molecule is Cc1ccccc1NC(=O)c1cc(S(=O)(=O)N(C)C)ccc1N1CCCCC1. The Morgan fingerprint density at radius 1 is 1.04 bits per heavy atom. The maximum atomic E-state index is 13.1. The molecule has 7 heteroatoms. The summed E-state index contributed by atoms with van der Waals surface area (Å²) in [6, 6.07) is 12.4. The van der Waals surface area contributed by atoms with Gasteiger partial charge in [0.25, 0.3) is 5.91 Å². The molecule has 1 fully saturated rings. The molecule has 6 nitrogen and oxygen atoms in total. The van der Waals surface area contributed by atoms with Crippen LogP contribution in [0.25, 0.3) is 0 Å². The van der Waals surface area contributed by atoms with Gasteiger partial charge in [0.05, 0.1) is 10.5 Å². The molecule has 2 aromatic rings. The molecule has 0 spiro atoms. The summed E-state index contributed by atoms with van der Waals surface area (Å²) in [5.41, 5.74) is 2.84. The van der Waals surface area contributed by atoms with Crippen molar-refractivity contribution in [1.82, 2.24) is 4.31 Å². The Hall–Kier alpha value is -2.38. The van der Waals surface area contributed by atoms with Crippen LogP contribution in [0.3, 0.4) is 0 Å². The summed E-state index contributed by atoms with van der Waals surface area (Å²) in [6.07, 6.45) is 3.31. The van der Waals surface area contributed by atoms with E-state index in [4.69, 9.17) is 0 Å². The van der Waals surface area contributed by atoms with E-state index in [0.717, 1.165) is 47.2 Å². The van der Waals surface area contributed by atoms with E-state index < -0.39 is 10.0 Å². The Balaban J connectivity index is 2.03. The molecule has 1 N–H and O–H groups in total. The monoisotopic (exact) mass is 401 g/mol. The fraction of sp³-hybridized carbons (Fsp3) is 0.381. The standard InChI is InChI=1S/C21H27N3O3S/c1-16-9-5-6-10-19(16)22-21(25)18-15-17(28(26,27)23(2)3)11-12-20(18)24-13-7-4-8-14-24/h5-6,9-12,15H,4,7-8,13-14H2,1-3H3,(H,22,25). The first kappa shape index (κ1) is 20.4. The first-order valence-electron chi connectivity index (χ1n) is 9.49. The van der Waals surface area contributed by atoms with Crippen molar-refractivity contribution < 1.29 is 13.2 Å². The minimum Gasteiger partial charge on any atom is -0.371 e. The molecule has 2 aromatic carbocycles. The predicted octanol–water partition coefficient (Wildman–Crippen LogP) is 3.49. The fourth-order valence-corrected chi connectivity index (χ4v) is 4.31. The highest BCUT2D eigenvalue weighted by atomic mass is 32.2. The summed E-state index contributed by atoms with van der Waals surface area (Å²) < 4.78 is 26.3. The number of para-hydroxylation sites is 1. The van der Waals surface area contributed by atoms with Gasteiger partial charge in [0.1, 0.15) is 0 Å². The van der Waals surface area contributed by atoms with Crippen LogP contribution in [-0.2, 0) is 10.0 Å². The van der Waals surface area contributed by atoms with E-state index in [9.17, 15) is 13.2 Å². The van der Waals surface area contributed by atoms with E-state index in [-0.39, 0.29) is 10.8 Å². The highest BCUT2D eigenvalue weighted by Crippen LogP contribution is 2.29. The van der Waals surface area contributed by atoms with Crippen molar-refractivity contribution in [2.75, 3.05) is 37.4 Å². The van der Waals surface area contributed by atoms with Gasteiger partial charge in [-0.25, -0.2) is 12.7 Å². The molecule has 1 amide bonds. The molecule has 1 saturated heterocycles. The van der Waals surface area contributed by atoms with Crippen molar-refractivity contribution in [2.24, 2.45) is 0 Å². The zero-order valence-corrected chi connectivity index (χ0v) is 17.4. The average Bonchev–Trinajstić information content (AvgIpc) is 2.69. The third-order valence-corrected chi connectivity index (χ3v) is 6.89. The van der Waals surface area contributed by atoms with E-state index in [0.29, 0.717) is 5.56 Å². The number of carbonyl (C=O) groups is 1. The fourth-order valence-electron chi connectivity index (χ4n) is 3.38. The zero-order valence-electron chi connectivity index (χ0n) is 16.6. The minimum atomic E-state index is -3.63. The molecular weight excluding hydrogens is 374 g/mol. The number of anilines is 2. The number of benzene rings is 2. The Morgan fingerprint density at radius 2 is 1.71 bits per heavy atom. The largest absolute Gasteiger partial charge is 0.371 e. The molecular formula is C21H27N3O3S. The van der Waals surface area contributed by atoms with Gasteiger partial charge in [0, 0.05) is 38.6 Å². The second kappa shape index (κ2) is 8.32. The van der Waals surface area contributed by atoms with Crippen molar-refractivity contribution in [1.29, 1.82) is 0 Å². The van der Waals surface area contributed by atoms with Crippen molar-refractivity contribution in [3.05, 3.63) is 53.6 Å². The molecule has 0 unspecified atom stereocenters. The molecule has 0 atom stereocenters. The number of nitrogens with one attached hydrogen (secondary N) is 1. The Kier molecular flexibility index (Phi) is 6.05. The number of rotatable bonds is 5. The number of piperidine rings is 1. The summed E-state index contributed by atoms with van der Waals surface area (Å²) in [7, 11) is -0.652. The van der Waals surface area contributed by atoms with Gasteiger partial charge in [-0.15, -0.1) is 0 Å². The number of carbonyl (C=O) groups excluding carboxylic acids is 1. The average molecular weight is 402 g/mol. The van der Waals surface area contributed by atoms with Gasteiger partial charge in [-0.3, -0.25) is 4.79 Å². The van der Waals surface area contributed by atoms with E-state index >= 15 is 0 Å². The van der Waals surface area contributed by atoms with E-state index in [1.54, 1.807) is 12.1 Å². The number of amides is 1. The lowest BCUT2D eigenvalue weighted by Gasteiger charge is -2.30. The van der Waals surface area contributed by atoms with Crippen LogP contribution < -0.4 is 10.2 Å². The number of hydrogen-bond acceptors (Lipinski definition) is 4. The van der Waals surface area contributed by atoms with Gasteiger partial charge in [-0.05, 0) is 56.0 Å². The van der Waals surface area contributed by atoms with Gasteiger partial charge in [0.15, 0.2) is 0 Å². The highest BCUT2D eigenvalue weighted by molar-refractivity contribution is 7.89. The lowest BCUT2D eigenvalue weighted by Crippen LogP contribution is -2.32. The van der Waals surface area contributed by atoms with Gasteiger partial charge in [-0.2, -0.15) is 0 Å². The first-order chi connectivity index (χ1) is 13.3. The quantitative estimate of drug-likeness (QED) is 0.833. The van der Waals surface area contributed by atoms with Gasteiger partial charge >= 0.3 is 0 Å². The van der Waals surface area contributed by atoms with E-state index in [2.05, 4.69) is 10.2 Å². The summed E-state index contributed by atoms with van der Waals surface area (Å²) in [5, 5.41) is 2.94. The molecule has 0 saturated carbocycles. The van der Waals surface area contributed by atoms with Crippen LogP contribution in [0.4, 0.5) is 11.4 Å². The lowest BCUT2D eigenvalue weighted by molar-refractivity contribution is 0.102. The Labute approximate surface area is 167 Å². The van der Waals surface area contributed by atoms with Gasteiger partial charge < -0.3 is 10.2 Å². The third kappa shape index (κ3) is 4.20. The summed E-state index contributed by atoms with van der Waals surface area (Å²) in [6.45, 7) is 3.66. The highest BCUT2D eigenvalue weighted by Gasteiger charge is 2.24. The maximum absolute atomic E-state index is 13.1. The molecule has 3 rings (SSSR count). The van der Waals surface area contributed by atoms with Crippen LogP contribution in [-0.4, -0.2) is 45.8 Å². The van der Waals surface area contributed by atoms with Crippen molar-refractivity contribution in [3.63, 3.8) is 0 Å². The first-order valence-corrected chi connectivity index (χ1v) is 10.9. The smallest absolute Gasteiger partial charge is 0.257 e. The molecule has 1 aliphatic heterocycles. The molecule has 0 aliphatic carbocycles. The second-order valence-corrected chi connectivity index (χ2v) is 9.43. The molecule has 150 valence electrons. The maximum Gasteiger partial charge on any atom is 0.257 e. The topological polar surface area (TPSA) is 69.7 Å². The summed E-state index contributed by atoms with van der Waals surface area (Å²) in [5.74, 6) is -0.300. The predicted molar refractivity (Wildman–Crippen MR) is 113 cm³/mol. The van der Waals surface area contributed by atoms with Crippen molar-refractivity contribution in [2.45, 2.75) is 31.1 Å². The van der Waals surface area contributed by atoms with Gasteiger partial charge in [-0.1, -0.05) is 18.2 Å². The molecule has 0 aromatic heterocycles. The Bertz CT molecular complexity index is 965. The number of aryl methyl sites for hydroxylation is 1.